The highest BCUT2D eigenvalue weighted by Crippen LogP contribution is 2.37. The van der Waals surface area contributed by atoms with Gasteiger partial charge in [0.05, 0.1) is 17.8 Å². The summed E-state index contributed by atoms with van der Waals surface area (Å²) in [7, 11) is 1.83. The number of halogens is 1. The second kappa shape index (κ2) is 4.47. The van der Waals surface area contributed by atoms with Crippen LogP contribution in [0.1, 0.15) is 31.4 Å². The molecular formula is C12H17FN2O. The first-order valence-corrected chi connectivity index (χ1v) is 5.58. The minimum Gasteiger partial charge on any atom is -0.373 e. The van der Waals surface area contributed by atoms with E-state index in [1.807, 2.05) is 14.0 Å². The Labute approximate surface area is 95.0 Å². The highest BCUT2D eigenvalue weighted by atomic mass is 19.1. The zero-order chi connectivity index (χ0) is 11.6. The molecule has 0 saturated carbocycles. The second-order valence-corrected chi connectivity index (χ2v) is 4.38. The maximum Gasteiger partial charge on any atom is 0.146 e. The predicted molar refractivity (Wildman–Crippen MR) is 59.6 cm³/mol. The van der Waals surface area contributed by atoms with Gasteiger partial charge in [-0.3, -0.25) is 4.98 Å². The third-order valence-electron chi connectivity index (χ3n) is 3.26. The van der Waals surface area contributed by atoms with E-state index < -0.39 is 0 Å². The van der Waals surface area contributed by atoms with Crippen molar-refractivity contribution in [2.24, 2.45) is 0 Å². The van der Waals surface area contributed by atoms with Gasteiger partial charge in [0.2, 0.25) is 0 Å². The van der Waals surface area contributed by atoms with E-state index in [-0.39, 0.29) is 17.5 Å². The molecule has 3 nitrogen and oxygen atoms in total. The lowest BCUT2D eigenvalue weighted by atomic mass is 9.88. The van der Waals surface area contributed by atoms with Crippen LogP contribution < -0.4 is 5.32 Å². The number of nitrogens with zero attached hydrogens (tertiary/aromatic N) is 1. The highest BCUT2D eigenvalue weighted by molar-refractivity contribution is 5.21. The number of nitrogens with one attached hydrogen (secondary N) is 1. The number of hydrogen-bond acceptors (Lipinski definition) is 3. The molecule has 16 heavy (non-hydrogen) atoms. The summed E-state index contributed by atoms with van der Waals surface area (Å²) in [5, 5.41) is 3.15. The van der Waals surface area contributed by atoms with Crippen molar-refractivity contribution >= 4 is 0 Å². The molecule has 0 radical (unpaired) electrons. The molecule has 1 N–H and O–H groups in total. The summed E-state index contributed by atoms with van der Waals surface area (Å²) in [6.07, 6.45) is 4.83. The van der Waals surface area contributed by atoms with E-state index in [2.05, 4.69) is 10.3 Å². The van der Waals surface area contributed by atoms with Crippen molar-refractivity contribution in [1.82, 2.24) is 10.3 Å². The number of hydrogen-bond donors (Lipinski definition) is 1. The highest BCUT2D eigenvalue weighted by Gasteiger charge is 2.39. The lowest BCUT2D eigenvalue weighted by molar-refractivity contribution is -0.0114. The van der Waals surface area contributed by atoms with E-state index in [1.54, 1.807) is 12.3 Å². The lowest BCUT2D eigenvalue weighted by Crippen LogP contribution is -2.40. The molecule has 88 valence electrons. The van der Waals surface area contributed by atoms with Gasteiger partial charge in [-0.05, 0) is 32.9 Å². The van der Waals surface area contributed by atoms with E-state index in [4.69, 9.17) is 4.74 Å². The molecule has 0 amide bonds. The van der Waals surface area contributed by atoms with E-state index in [0.717, 1.165) is 19.4 Å². The Morgan fingerprint density at radius 1 is 1.62 bits per heavy atom. The van der Waals surface area contributed by atoms with Gasteiger partial charge in [-0.2, -0.15) is 0 Å². The molecule has 4 heteroatoms. The molecule has 1 aromatic heterocycles. The Balaban J connectivity index is 2.32. The average molecular weight is 224 g/mol. The topological polar surface area (TPSA) is 34.2 Å². The first-order valence-electron chi connectivity index (χ1n) is 5.58. The Hall–Kier alpha value is -1.00. The van der Waals surface area contributed by atoms with Crippen molar-refractivity contribution in [3.8, 4) is 0 Å². The Morgan fingerprint density at radius 2 is 2.44 bits per heavy atom. The van der Waals surface area contributed by atoms with Crippen LogP contribution in [-0.2, 0) is 4.74 Å². The number of pyridine rings is 1. The maximum atomic E-state index is 13.7. The zero-order valence-corrected chi connectivity index (χ0v) is 9.66. The average Bonchev–Trinajstić information content (AvgIpc) is 2.70. The van der Waals surface area contributed by atoms with Crippen LogP contribution in [0.15, 0.2) is 18.5 Å². The number of aromatic nitrogens is 1. The van der Waals surface area contributed by atoms with Crippen molar-refractivity contribution in [2.45, 2.75) is 31.4 Å². The normalized spacial score (nSPS) is 26.9. The van der Waals surface area contributed by atoms with Gasteiger partial charge in [0.25, 0.3) is 0 Å². The Kier molecular flexibility index (Phi) is 3.21. The molecule has 1 aromatic rings. The van der Waals surface area contributed by atoms with Gasteiger partial charge < -0.3 is 10.1 Å². The third-order valence-corrected chi connectivity index (χ3v) is 3.26. The molecule has 0 aromatic carbocycles. The molecule has 1 aliphatic heterocycles. The summed E-state index contributed by atoms with van der Waals surface area (Å²) in [5.41, 5.74) is 0.304. The quantitative estimate of drug-likeness (QED) is 0.853. The monoisotopic (exact) mass is 224 g/mol. The van der Waals surface area contributed by atoms with Crippen LogP contribution in [0.5, 0.6) is 0 Å². The summed E-state index contributed by atoms with van der Waals surface area (Å²) in [4.78, 5) is 3.77. The van der Waals surface area contributed by atoms with Crippen LogP contribution in [0.4, 0.5) is 4.39 Å². The van der Waals surface area contributed by atoms with Crippen molar-refractivity contribution in [3.05, 3.63) is 29.8 Å². The zero-order valence-electron chi connectivity index (χ0n) is 9.66. The second-order valence-electron chi connectivity index (χ2n) is 4.38. The molecule has 0 spiro atoms. The van der Waals surface area contributed by atoms with Crippen LogP contribution in [0.3, 0.4) is 0 Å². The minimum atomic E-state index is -0.322. The van der Waals surface area contributed by atoms with Gasteiger partial charge in [-0.25, -0.2) is 4.39 Å². The number of likely N-dealkylation sites (N-methyl/N-ethyl adjacent to an activating group) is 1. The van der Waals surface area contributed by atoms with Gasteiger partial charge in [-0.15, -0.1) is 0 Å². The van der Waals surface area contributed by atoms with Crippen LogP contribution >= 0.6 is 0 Å². The third kappa shape index (κ3) is 1.95. The van der Waals surface area contributed by atoms with E-state index in [9.17, 15) is 4.39 Å². The minimum absolute atomic E-state index is 0.127. The van der Waals surface area contributed by atoms with Crippen molar-refractivity contribution < 1.29 is 9.13 Å². The summed E-state index contributed by atoms with van der Waals surface area (Å²) in [6.45, 7) is 2.78. The fraction of sp³-hybridized carbons (Fsp3) is 0.583. The van der Waals surface area contributed by atoms with Crippen molar-refractivity contribution in [1.29, 1.82) is 0 Å². The predicted octanol–water partition coefficient (Wildman–Crippen LogP) is 2.05. The fourth-order valence-electron chi connectivity index (χ4n) is 2.44. The van der Waals surface area contributed by atoms with Gasteiger partial charge >= 0.3 is 0 Å². The molecule has 2 unspecified atom stereocenters. The standard InChI is InChI=1S/C12H17FN2O/c1-12(5-3-7-16-12)11(14-2)9-4-6-15-8-10(9)13/h4,6,8,11,14H,3,5,7H2,1-2H3. The lowest BCUT2D eigenvalue weighted by Gasteiger charge is -2.33. The first-order chi connectivity index (χ1) is 7.67. The molecule has 2 atom stereocenters. The summed E-state index contributed by atoms with van der Waals surface area (Å²) >= 11 is 0. The SMILES string of the molecule is CNC(c1ccncc1F)C1(C)CCCO1. The molecule has 0 aliphatic carbocycles. The van der Waals surface area contributed by atoms with E-state index in [1.165, 1.54) is 6.20 Å². The summed E-state index contributed by atoms with van der Waals surface area (Å²) in [5.74, 6) is -0.279. The van der Waals surface area contributed by atoms with Crippen molar-refractivity contribution in [3.63, 3.8) is 0 Å². The molecule has 0 bridgehead atoms. The molecule has 1 saturated heterocycles. The fourth-order valence-corrected chi connectivity index (χ4v) is 2.44. The smallest absolute Gasteiger partial charge is 0.146 e. The summed E-state index contributed by atoms with van der Waals surface area (Å²) in [6, 6.07) is 1.58. The molecular weight excluding hydrogens is 207 g/mol. The van der Waals surface area contributed by atoms with E-state index in [0.29, 0.717) is 5.56 Å². The number of rotatable bonds is 3. The van der Waals surface area contributed by atoms with Crippen LogP contribution in [0.25, 0.3) is 0 Å². The van der Waals surface area contributed by atoms with E-state index >= 15 is 0 Å². The van der Waals surface area contributed by atoms with Crippen LogP contribution in [0, 0.1) is 5.82 Å². The Morgan fingerprint density at radius 3 is 3.00 bits per heavy atom. The molecule has 1 fully saturated rings. The van der Waals surface area contributed by atoms with Gasteiger partial charge in [0.1, 0.15) is 5.82 Å². The van der Waals surface area contributed by atoms with Gasteiger partial charge in [0.15, 0.2) is 0 Å². The van der Waals surface area contributed by atoms with Crippen molar-refractivity contribution in [2.75, 3.05) is 13.7 Å². The molecule has 2 rings (SSSR count). The Bertz CT molecular complexity index is 364. The molecule has 1 aliphatic rings. The number of ether oxygens (including phenoxy) is 1. The van der Waals surface area contributed by atoms with Crippen LogP contribution in [0.2, 0.25) is 0 Å². The van der Waals surface area contributed by atoms with Gasteiger partial charge in [0, 0.05) is 18.4 Å². The van der Waals surface area contributed by atoms with Crippen LogP contribution in [-0.4, -0.2) is 24.2 Å². The first kappa shape index (κ1) is 11.5. The largest absolute Gasteiger partial charge is 0.373 e. The summed E-state index contributed by atoms with van der Waals surface area (Å²) < 4.78 is 19.4. The van der Waals surface area contributed by atoms with Gasteiger partial charge in [-0.1, -0.05) is 0 Å². The molecule has 2 heterocycles. The maximum absolute atomic E-state index is 13.7.